The van der Waals surface area contributed by atoms with Crippen LogP contribution in [0.2, 0.25) is 0 Å². The summed E-state index contributed by atoms with van der Waals surface area (Å²) in [5.74, 6) is -0.355. The van der Waals surface area contributed by atoms with Gasteiger partial charge < -0.3 is 14.0 Å². The van der Waals surface area contributed by atoms with E-state index in [1.165, 1.54) is 4.88 Å². The summed E-state index contributed by atoms with van der Waals surface area (Å²) in [7, 11) is -0.438. The highest BCUT2D eigenvalue weighted by Gasteiger charge is 2.54. The summed E-state index contributed by atoms with van der Waals surface area (Å²) in [6.45, 7) is 12.3. The van der Waals surface area contributed by atoms with Crippen molar-refractivity contribution in [1.29, 1.82) is 0 Å². The third-order valence-electron chi connectivity index (χ3n) is 4.42. The molecule has 122 valence electrons. The van der Waals surface area contributed by atoms with Crippen molar-refractivity contribution in [1.82, 2.24) is 0 Å². The second-order valence-electron chi connectivity index (χ2n) is 6.69. The maximum atomic E-state index is 12.0. The van der Waals surface area contributed by atoms with Crippen molar-refractivity contribution in [3.8, 4) is 0 Å². The molecular weight excluding hydrogens is 299 g/mol. The van der Waals surface area contributed by atoms with Gasteiger partial charge in [0.1, 0.15) is 0 Å². The summed E-state index contributed by atoms with van der Waals surface area (Å²) < 4.78 is 17.4. The van der Waals surface area contributed by atoms with Gasteiger partial charge in [0, 0.05) is 15.6 Å². The first-order valence-corrected chi connectivity index (χ1v) is 8.55. The van der Waals surface area contributed by atoms with Crippen LogP contribution in [0.15, 0.2) is 12.1 Å². The van der Waals surface area contributed by atoms with Gasteiger partial charge in [0.25, 0.3) is 0 Å². The summed E-state index contributed by atoms with van der Waals surface area (Å²) in [5.41, 5.74) is -0.812. The van der Waals surface area contributed by atoms with Gasteiger partial charge in [-0.1, -0.05) is 0 Å². The van der Waals surface area contributed by atoms with Crippen LogP contribution in [0.1, 0.15) is 56.6 Å². The van der Waals surface area contributed by atoms with E-state index in [1.54, 1.807) is 11.3 Å². The predicted molar refractivity (Wildman–Crippen MR) is 89.1 cm³/mol. The number of thiophene rings is 1. The molecule has 0 N–H and O–H groups in total. The van der Waals surface area contributed by atoms with E-state index in [2.05, 4.69) is 19.1 Å². The summed E-state index contributed by atoms with van der Waals surface area (Å²) >= 11 is 1.68. The molecule has 6 heteroatoms. The first-order valence-electron chi connectivity index (χ1n) is 7.74. The molecule has 0 aromatic carbocycles. The number of aryl methyl sites for hydroxylation is 1. The van der Waals surface area contributed by atoms with Gasteiger partial charge in [-0.2, -0.15) is 0 Å². The first-order chi connectivity index (χ1) is 10.2. The van der Waals surface area contributed by atoms with Gasteiger partial charge in [0.15, 0.2) is 0 Å². The first kappa shape index (κ1) is 17.5. The van der Waals surface area contributed by atoms with Gasteiger partial charge in [-0.15, -0.1) is 11.3 Å². The van der Waals surface area contributed by atoms with Crippen molar-refractivity contribution in [3.63, 3.8) is 0 Å². The Morgan fingerprint density at radius 3 is 2.32 bits per heavy atom. The van der Waals surface area contributed by atoms with Crippen LogP contribution in [0.5, 0.6) is 0 Å². The number of ether oxygens (including phenoxy) is 1. The van der Waals surface area contributed by atoms with Crippen molar-refractivity contribution in [3.05, 3.63) is 21.9 Å². The normalized spacial score (nSPS) is 20.9. The van der Waals surface area contributed by atoms with Gasteiger partial charge in [0.05, 0.1) is 24.2 Å². The topological polar surface area (TPSA) is 44.8 Å². The zero-order valence-corrected chi connectivity index (χ0v) is 15.1. The second-order valence-corrected chi connectivity index (χ2v) is 8.01. The Kier molecular flexibility index (Phi) is 5.04. The summed E-state index contributed by atoms with van der Waals surface area (Å²) in [5, 5.41) is 0. The fourth-order valence-electron chi connectivity index (χ4n) is 2.44. The highest BCUT2D eigenvalue weighted by Crippen LogP contribution is 2.42. The quantitative estimate of drug-likeness (QED) is 0.612. The lowest BCUT2D eigenvalue weighted by atomic mass is 9.69. The van der Waals surface area contributed by atoms with E-state index in [9.17, 15) is 4.79 Å². The monoisotopic (exact) mass is 324 g/mol. The maximum absolute atomic E-state index is 12.0. The maximum Gasteiger partial charge on any atom is 0.467 e. The third kappa shape index (κ3) is 3.55. The van der Waals surface area contributed by atoms with E-state index in [4.69, 9.17) is 14.0 Å². The summed E-state index contributed by atoms with van der Waals surface area (Å²) in [4.78, 5) is 14.3. The molecule has 2 rings (SSSR count). The van der Waals surface area contributed by atoms with E-state index in [1.807, 2.05) is 34.6 Å². The molecule has 0 amide bonds. The third-order valence-corrected chi connectivity index (χ3v) is 5.55. The fraction of sp³-hybridized carbons (Fsp3) is 0.688. The SMILES string of the molecule is CCOC(=O)CC(B1OC(C)(C)C(C)(C)O1)c1ccc(C)s1. The molecule has 1 aromatic heterocycles. The Bertz CT molecular complexity index is 522. The Balaban J connectivity index is 2.24. The van der Waals surface area contributed by atoms with Crippen molar-refractivity contribution >= 4 is 24.4 Å². The molecule has 0 bridgehead atoms. The van der Waals surface area contributed by atoms with Gasteiger partial charge in [-0.25, -0.2) is 0 Å². The molecule has 1 aliphatic heterocycles. The molecule has 1 fully saturated rings. The standard InChI is InChI=1S/C16H25BO4S/c1-7-19-14(18)10-12(13-9-8-11(2)22-13)17-20-15(3,4)16(5,6)21-17/h8-9,12H,7,10H2,1-6H3. The average molecular weight is 324 g/mol. The zero-order valence-electron chi connectivity index (χ0n) is 14.3. The van der Waals surface area contributed by atoms with Crippen molar-refractivity contribution in [2.45, 2.75) is 65.0 Å². The number of carbonyl (C=O) groups excluding carboxylic acids is 1. The van der Waals surface area contributed by atoms with E-state index >= 15 is 0 Å². The van der Waals surface area contributed by atoms with Crippen LogP contribution in [-0.2, 0) is 18.8 Å². The largest absolute Gasteiger partial charge is 0.467 e. The molecular formula is C16H25BO4S. The van der Waals surface area contributed by atoms with Crippen molar-refractivity contribution in [2.24, 2.45) is 0 Å². The molecule has 1 atom stereocenters. The van der Waals surface area contributed by atoms with Crippen LogP contribution in [0, 0.1) is 6.92 Å². The molecule has 4 nitrogen and oxygen atoms in total. The molecule has 22 heavy (non-hydrogen) atoms. The van der Waals surface area contributed by atoms with Crippen LogP contribution in [0.3, 0.4) is 0 Å². The molecule has 1 aromatic rings. The minimum absolute atomic E-state index is 0.140. The van der Waals surface area contributed by atoms with Crippen LogP contribution >= 0.6 is 11.3 Å². The number of esters is 1. The van der Waals surface area contributed by atoms with Crippen molar-refractivity contribution in [2.75, 3.05) is 6.61 Å². The molecule has 0 saturated carbocycles. The molecule has 1 saturated heterocycles. The predicted octanol–water partition coefficient (Wildman–Crippen LogP) is 3.72. The Morgan fingerprint density at radius 2 is 1.86 bits per heavy atom. The second kappa shape index (κ2) is 6.34. The van der Waals surface area contributed by atoms with Crippen molar-refractivity contribution < 1.29 is 18.8 Å². The molecule has 0 radical (unpaired) electrons. The van der Waals surface area contributed by atoms with Crippen LogP contribution < -0.4 is 0 Å². The fourth-order valence-corrected chi connectivity index (χ4v) is 3.43. The van der Waals surface area contributed by atoms with E-state index in [0.717, 1.165) is 4.88 Å². The number of hydrogen-bond acceptors (Lipinski definition) is 5. The Hall–Kier alpha value is -0.845. The number of carbonyl (C=O) groups is 1. The van der Waals surface area contributed by atoms with Crippen LogP contribution in [0.4, 0.5) is 0 Å². The molecule has 1 unspecified atom stereocenters. The minimum atomic E-state index is -0.438. The van der Waals surface area contributed by atoms with Crippen LogP contribution in [-0.4, -0.2) is 30.9 Å². The molecule has 2 heterocycles. The van der Waals surface area contributed by atoms with E-state index in [-0.39, 0.29) is 18.2 Å². The average Bonchev–Trinajstić information content (AvgIpc) is 2.89. The number of rotatable bonds is 5. The summed E-state index contributed by atoms with van der Waals surface area (Å²) in [6, 6.07) is 4.11. The summed E-state index contributed by atoms with van der Waals surface area (Å²) in [6.07, 6.45) is 0.268. The zero-order chi connectivity index (χ0) is 16.5. The highest BCUT2D eigenvalue weighted by atomic mass is 32.1. The minimum Gasteiger partial charge on any atom is -0.466 e. The molecule has 1 aliphatic rings. The van der Waals surface area contributed by atoms with Gasteiger partial charge in [-0.05, 0) is 53.7 Å². The van der Waals surface area contributed by atoms with Gasteiger partial charge >= 0.3 is 13.1 Å². The highest BCUT2D eigenvalue weighted by molar-refractivity contribution is 7.12. The van der Waals surface area contributed by atoms with Gasteiger partial charge in [-0.3, -0.25) is 4.79 Å². The number of hydrogen-bond donors (Lipinski definition) is 0. The van der Waals surface area contributed by atoms with Crippen LogP contribution in [0.25, 0.3) is 0 Å². The Morgan fingerprint density at radius 1 is 1.27 bits per heavy atom. The Labute approximate surface area is 137 Å². The van der Waals surface area contributed by atoms with E-state index in [0.29, 0.717) is 6.61 Å². The van der Waals surface area contributed by atoms with Gasteiger partial charge in [0.2, 0.25) is 0 Å². The van der Waals surface area contributed by atoms with E-state index < -0.39 is 18.3 Å². The smallest absolute Gasteiger partial charge is 0.466 e. The lowest BCUT2D eigenvalue weighted by Crippen LogP contribution is -2.41. The molecule has 0 spiro atoms. The lowest BCUT2D eigenvalue weighted by molar-refractivity contribution is -0.143. The lowest BCUT2D eigenvalue weighted by Gasteiger charge is -2.32. The molecule has 0 aliphatic carbocycles.